The molecule has 1 radical (unpaired) electrons. The van der Waals surface area contributed by atoms with E-state index in [0.29, 0.717) is 5.92 Å². The molecule has 1 aliphatic carbocycles. The number of halogens is 2. The summed E-state index contributed by atoms with van der Waals surface area (Å²) in [6.07, 6.45) is 10.4. The first kappa shape index (κ1) is 21.1. The topological polar surface area (TPSA) is 12.4 Å². The van der Waals surface area contributed by atoms with Gasteiger partial charge in [-0.3, -0.25) is 0 Å². The lowest BCUT2D eigenvalue weighted by molar-refractivity contribution is 0.454. The van der Waals surface area contributed by atoms with Crippen LogP contribution >= 0.6 is 12.2 Å². The first-order chi connectivity index (χ1) is 14.1. The van der Waals surface area contributed by atoms with Gasteiger partial charge in [-0.2, -0.15) is 4.99 Å². The Balaban J connectivity index is 1.67. The van der Waals surface area contributed by atoms with Crippen LogP contribution in [0.25, 0.3) is 0 Å². The van der Waals surface area contributed by atoms with Gasteiger partial charge in [-0.15, -0.1) is 0 Å². The molecular formula is C25H22F2NS. The van der Waals surface area contributed by atoms with Crippen LogP contribution in [0.3, 0.4) is 0 Å². The van der Waals surface area contributed by atoms with E-state index in [1.807, 2.05) is 17.3 Å². The monoisotopic (exact) mass is 406 g/mol. The van der Waals surface area contributed by atoms with Crippen molar-refractivity contribution in [1.82, 2.24) is 0 Å². The predicted octanol–water partition coefficient (Wildman–Crippen LogP) is 7.18. The first-order valence-corrected chi connectivity index (χ1v) is 10.2. The number of isothiocyanates is 1. The molecule has 0 aliphatic heterocycles. The Morgan fingerprint density at radius 2 is 1.66 bits per heavy atom. The van der Waals surface area contributed by atoms with Crippen LogP contribution < -0.4 is 0 Å². The fraction of sp³-hybridized carbons (Fsp3) is 0.280. The summed E-state index contributed by atoms with van der Waals surface area (Å²) in [5.74, 6) is 6.35. The molecule has 147 valence electrons. The fourth-order valence-corrected chi connectivity index (χ4v) is 3.61. The summed E-state index contributed by atoms with van der Waals surface area (Å²) in [7, 11) is 0. The third-order valence-electron chi connectivity index (χ3n) is 5.10. The zero-order valence-corrected chi connectivity index (χ0v) is 17.2. The van der Waals surface area contributed by atoms with Crippen molar-refractivity contribution >= 4 is 23.1 Å². The summed E-state index contributed by atoms with van der Waals surface area (Å²) in [4.78, 5) is 3.40. The highest BCUT2D eigenvalue weighted by Crippen LogP contribution is 2.35. The van der Waals surface area contributed by atoms with E-state index < -0.39 is 17.3 Å². The maximum atomic E-state index is 13.9. The second kappa shape index (κ2) is 10.3. The molecule has 0 amide bonds. The summed E-state index contributed by atoms with van der Waals surface area (Å²) in [5.41, 5.74) is 1.87. The van der Waals surface area contributed by atoms with Crippen molar-refractivity contribution in [3.63, 3.8) is 0 Å². The lowest BCUT2D eigenvalue weighted by Crippen LogP contribution is -2.12. The zero-order valence-electron chi connectivity index (χ0n) is 16.3. The second-order valence-corrected chi connectivity index (χ2v) is 7.28. The van der Waals surface area contributed by atoms with E-state index in [4.69, 9.17) is 0 Å². The SMILES string of the molecule is CC/C=C/C1CC[C](c2ccc(C#Cc3cc(F)c(N=C=S)c(F)c3)cc2)CC1. The van der Waals surface area contributed by atoms with E-state index in [2.05, 4.69) is 60.3 Å². The number of nitrogens with zero attached hydrogens (tertiary/aromatic N) is 1. The molecule has 1 nitrogen and oxygen atoms in total. The molecule has 0 atom stereocenters. The molecule has 0 spiro atoms. The van der Waals surface area contributed by atoms with Crippen LogP contribution in [0.4, 0.5) is 14.5 Å². The molecule has 0 unspecified atom stereocenters. The van der Waals surface area contributed by atoms with E-state index in [9.17, 15) is 8.78 Å². The molecule has 0 bridgehead atoms. The Morgan fingerprint density at radius 1 is 1.03 bits per heavy atom. The van der Waals surface area contributed by atoms with Crippen LogP contribution in [0.2, 0.25) is 0 Å². The third kappa shape index (κ3) is 5.70. The van der Waals surface area contributed by atoms with Gasteiger partial charge in [-0.05, 0) is 80.1 Å². The zero-order chi connectivity index (χ0) is 20.6. The summed E-state index contributed by atoms with van der Waals surface area (Å²) >= 11 is 4.40. The first-order valence-electron chi connectivity index (χ1n) is 9.81. The van der Waals surface area contributed by atoms with Gasteiger partial charge in [0, 0.05) is 17.0 Å². The lowest BCUT2D eigenvalue weighted by atomic mass is 9.78. The second-order valence-electron chi connectivity index (χ2n) is 7.10. The largest absolute Gasteiger partial charge is 0.204 e. The van der Waals surface area contributed by atoms with E-state index in [0.717, 1.165) is 37.0 Å². The van der Waals surface area contributed by atoms with Gasteiger partial charge in [-0.1, -0.05) is 43.0 Å². The van der Waals surface area contributed by atoms with Crippen molar-refractivity contribution in [2.24, 2.45) is 10.9 Å². The molecule has 4 heteroatoms. The number of benzene rings is 2. The van der Waals surface area contributed by atoms with E-state index in [1.165, 1.54) is 24.3 Å². The molecular weight excluding hydrogens is 384 g/mol. The minimum Gasteiger partial charge on any atom is -0.204 e. The van der Waals surface area contributed by atoms with Crippen LogP contribution in [0.15, 0.2) is 53.5 Å². The minimum atomic E-state index is -0.803. The Labute approximate surface area is 176 Å². The molecule has 0 N–H and O–H groups in total. The normalized spacial score (nSPS) is 15.0. The van der Waals surface area contributed by atoms with Crippen molar-refractivity contribution in [3.8, 4) is 11.8 Å². The van der Waals surface area contributed by atoms with Gasteiger partial charge in [0.15, 0.2) is 11.6 Å². The van der Waals surface area contributed by atoms with Gasteiger partial charge in [0.25, 0.3) is 0 Å². The molecule has 2 aromatic carbocycles. The Hall–Kier alpha value is -2.60. The molecule has 2 aromatic rings. The van der Waals surface area contributed by atoms with E-state index in [1.54, 1.807) is 0 Å². The van der Waals surface area contributed by atoms with Crippen LogP contribution in [0.1, 0.15) is 55.7 Å². The van der Waals surface area contributed by atoms with E-state index >= 15 is 0 Å². The highest BCUT2D eigenvalue weighted by Gasteiger charge is 2.21. The number of aliphatic imine (C=N–C) groups is 1. The summed E-state index contributed by atoms with van der Waals surface area (Å²) in [5, 5.41) is 1.97. The van der Waals surface area contributed by atoms with Gasteiger partial charge in [0.2, 0.25) is 0 Å². The quantitative estimate of drug-likeness (QED) is 0.227. The van der Waals surface area contributed by atoms with Crippen LogP contribution in [-0.2, 0) is 0 Å². The number of allylic oxidation sites excluding steroid dienone is 2. The molecule has 0 saturated heterocycles. The van der Waals surface area contributed by atoms with Crippen molar-refractivity contribution < 1.29 is 8.78 Å². The Morgan fingerprint density at radius 3 is 2.24 bits per heavy atom. The van der Waals surface area contributed by atoms with Gasteiger partial charge in [0.05, 0.1) is 5.16 Å². The molecule has 0 aromatic heterocycles. The molecule has 0 heterocycles. The van der Waals surface area contributed by atoms with Crippen molar-refractivity contribution in [1.29, 1.82) is 0 Å². The third-order valence-corrected chi connectivity index (χ3v) is 5.19. The average Bonchev–Trinajstić information content (AvgIpc) is 2.74. The number of thiocarbonyl (C=S) groups is 1. The highest BCUT2D eigenvalue weighted by molar-refractivity contribution is 7.78. The van der Waals surface area contributed by atoms with Gasteiger partial charge in [-0.25, -0.2) is 8.78 Å². The minimum absolute atomic E-state index is 0.250. The van der Waals surface area contributed by atoms with Gasteiger partial charge in [0.1, 0.15) is 5.69 Å². The molecule has 3 rings (SSSR count). The number of hydrogen-bond acceptors (Lipinski definition) is 2. The van der Waals surface area contributed by atoms with E-state index in [-0.39, 0.29) is 5.56 Å². The maximum Gasteiger partial charge on any atom is 0.153 e. The lowest BCUT2D eigenvalue weighted by Gasteiger charge is -2.26. The van der Waals surface area contributed by atoms with Crippen LogP contribution in [-0.4, -0.2) is 5.16 Å². The summed E-state index contributed by atoms with van der Waals surface area (Å²) in [6.45, 7) is 2.17. The standard InChI is InChI=1S/C25H22F2NS/c1-2-3-4-18-7-11-21(12-8-18)22-13-9-19(10-14-22)5-6-20-15-23(26)25(28-17-29)24(27)16-20/h3-4,9-10,13-16,18H,2,7-8,11-12H2,1H3/b4-3+. The molecule has 1 aliphatic rings. The molecule has 1 saturated carbocycles. The molecule has 29 heavy (non-hydrogen) atoms. The van der Waals surface area contributed by atoms with Crippen molar-refractivity contribution in [2.75, 3.05) is 0 Å². The Bertz CT molecular complexity index is 961. The van der Waals surface area contributed by atoms with Crippen LogP contribution in [0.5, 0.6) is 0 Å². The highest BCUT2D eigenvalue weighted by atomic mass is 32.1. The predicted molar refractivity (Wildman–Crippen MR) is 117 cm³/mol. The van der Waals surface area contributed by atoms with Crippen molar-refractivity contribution in [2.45, 2.75) is 39.0 Å². The summed E-state index contributed by atoms with van der Waals surface area (Å²) < 4.78 is 27.8. The van der Waals surface area contributed by atoms with Gasteiger partial charge < -0.3 is 0 Å². The number of rotatable bonds is 4. The fourth-order valence-electron chi connectivity index (χ4n) is 3.52. The Kier molecular flexibility index (Phi) is 7.47. The maximum absolute atomic E-state index is 13.9. The summed E-state index contributed by atoms with van der Waals surface area (Å²) in [6, 6.07) is 10.4. The average molecular weight is 407 g/mol. The number of hydrogen-bond donors (Lipinski definition) is 0. The van der Waals surface area contributed by atoms with Crippen LogP contribution in [0, 0.1) is 35.3 Å². The smallest absolute Gasteiger partial charge is 0.153 e. The van der Waals surface area contributed by atoms with Crippen molar-refractivity contribution in [3.05, 3.63) is 82.8 Å². The van der Waals surface area contributed by atoms with Gasteiger partial charge >= 0.3 is 0 Å². The molecule has 1 fully saturated rings.